The third-order valence-electron chi connectivity index (χ3n) is 6.05. The van der Waals surface area contributed by atoms with E-state index in [-0.39, 0.29) is 11.7 Å². The number of hydrogen-bond acceptors (Lipinski definition) is 6. The maximum absolute atomic E-state index is 12.5. The molecule has 0 unspecified atom stereocenters. The Balaban J connectivity index is 1.15. The van der Waals surface area contributed by atoms with Crippen molar-refractivity contribution in [2.75, 3.05) is 24.6 Å². The molecular weight excluding hydrogens is 442 g/mol. The van der Waals surface area contributed by atoms with Crippen LogP contribution in [-0.4, -0.2) is 45.2 Å². The summed E-state index contributed by atoms with van der Waals surface area (Å²) in [7, 11) is 0. The van der Waals surface area contributed by atoms with Crippen LogP contribution in [0.2, 0.25) is 0 Å². The van der Waals surface area contributed by atoms with Crippen molar-refractivity contribution < 1.29 is 9.21 Å². The number of Topliss-reactive ketones (excluding diaryl/α,β-unsaturated/α-hetero) is 1. The van der Waals surface area contributed by atoms with Crippen LogP contribution in [0.4, 0.5) is 0 Å². The molecule has 5 rings (SSSR count). The second kappa shape index (κ2) is 10.8. The molecule has 0 spiro atoms. The highest BCUT2D eigenvalue weighted by atomic mass is 32.2. The molecule has 0 amide bonds. The van der Waals surface area contributed by atoms with Gasteiger partial charge in [-0.2, -0.15) is 11.8 Å². The van der Waals surface area contributed by atoms with E-state index in [1.165, 1.54) is 41.3 Å². The highest BCUT2D eigenvalue weighted by Gasteiger charge is 2.15. The van der Waals surface area contributed by atoms with Crippen molar-refractivity contribution in [3.05, 3.63) is 96.1 Å². The third kappa shape index (κ3) is 5.64. The number of nitrogens with zero attached hydrogens (tertiary/aromatic N) is 3. The average Bonchev–Trinajstić information content (AvgIpc) is 3.40. The van der Waals surface area contributed by atoms with E-state index >= 15 is 0 Å². The van der Waals surface area contributed by atoms with Gasteiger partial charge in [-0.25, -0.2) is 4.98 Å². The molecule has 4 aromatic rings. The molecule has 0 aliphatic carbocycles. The van der Waals surface area contributed by atoms with Crippen molar-refractivity contribution in [3.8, 4) is 22.6 Å². The molecule has 2 aromatic heterocycles. The fraction of sp³-hybridized carbons (Fsp3) is 0.250. The number of carbonyl (C=O) groups is 1. The zero-order valence-electron chi connectivity index (χ0n) is 19.0. The van der Waals surface area contributed by atoms with Gasteiger partial charge in [0.15, 0.2) is 5.76 Å². The van der Waals surface area contributed by atoms with E-state index in [1.54, 1.807) is 12.4 Å². The van der Waals surface area contributed by atoms with Gasteiger partial charge in [-0.05, 0) is 40.8 Å². The molecule has 1 aliphatic heterocycles. The average molecular weight is 470 g/mol. The smallest absolute Gasteiger partial charge is 0.263 e. The van der Waals surface area contributed by atoms with Crippen LogP contribution in [0.3, 0.4) is 0 Å². The molecule has 0 radical (unpaired) electrons. The summed E-state index contributed by atoms with van der Waals surface area (Å²) in [6.07, 6.45) is 4.24. The lowest BCUT2D eigenvalue weighted by atomic mass is 10.0. The van der Waals surface area contributed by atoms with E-state index < -0.39 is 0 Å². The number of benzene rings is 2. The van der Waals surface area contributed by atoms with Crippen molar-refractivity contribution in [1.29, 1.82) is 0 Å². The SMILES string of the molecule is O=C(CCc1ccc(-c2ccc(CN3CCSCC3)cc2)cc1)c1ncc(-c2ccccn2)o1. The van der Waals surface area contributed by atoms with Gasteiger partial charge in [-0.1, -0.05) is 54.6 Å². The molecule has 0 saturated carbocycles. The largest absolute Gasteiger partial charge is 0.432 e. The summed E-state index contributed by atoms with van der Waals surface area (Å²) in [5.74, 6) is 3.02. The Bertz CT molecular complexity index is 1210. The van der Waals surface area contributed by atoms with Gasteiger partial charge >= 0.3 is 0 Å². The minimum absolute atomic E-state index is 0.103. The Hall–Kier alpha value is -3.22. The summed E-state index contributed by atoms with van der Waals surface area (Å²) in [5.41, 5.74) is 5.55. The van der Waals surface area contributed by atoms with Crippen molar-refractivity contribution in [3.63, 3.8) is 0 Å². The lowest BCUT2D eigenvalue weighted by molar-refractivity contribution is 0.0950. The van der Waals surface area contributed by atoms with Gasteiger partial charge in [0.2, 0.25) is 5.78 Å². The number of carbonyl (C=O) groups excluding carboxylic acids is 1. The maximum atomic E-state index is 12.5. The van der Waals surface area contributed by atoms with Crippen LogP contribution in [0.1, 0.15) is 28.2 Å². The number of hydrogen-bond donors (Lipinski definition) is 0. The highest BCUT2D eigenvalue weighted by molar-refractivity contribution is 7.99. The third-order valence-corrected chi connectivity index (χ3v) is 7.00. The van der Waals surface area contributed by atoms with Gasteiger partial charge in [-0.3, -0.25) is 14.7 Å². The van der Waals surface area contributed by atoms with E-state index in [1.807, 2.05) is 30.0 Å². The van der Waals surface area contributed by atoms with Gasteiger partial charge < -0.3 is 4.42 Å². The molecule has 172 valence electrons. The molecule has 1 fully saturated rings. The van der Waals surface area contributed by atoms with Crippen LogP contribution in [0.15, 0.2) is 83.5 Å². The van der Waals surface area contributed by atoms with E-state index in [0.29, 0.717) is 24.3 Å². The Morgan fingerprint density at radius 3 is 2.26 bits per heavy atom. The fourth-order valence-electron chi connectivity index (χ4n) is 4.08. The van der Waals surface area contributed by atoms with E-state index in [2.05, 4.69) is 63.4 Å². The van der Waals surface area contributed by atoms with Crippen molar-refractivity contribution >= 4 is 17.5 Å². The molecule has 1 saturated heterocycles. The highest BCUT2D eigenvalue weighted by Crippen LogP contribution is 2.23. The lowest BCUT2D eigenvalue weighted by Crippen LogP contribution is -2.31. The molecule has 5 nitrogen and oxygen atoms in total. The molecule has 34 heavy (non-hydrogen) atoms. The maximum Gasteiger partial charge on any atom is 0.263 e. The van der Waals surface area contributed by atoms with Crippen LogP contribution in [0.5, 0.6) is 0 Å². The molecule has 6 heteroatoms. The summed E-state index contributed by atoms with van der Waals surface area (Å²) in [6, 6.07) is 22.9. The standard InChI is InChI=1S/C28H27N3O2S/c32-26(28-30-19-27(33-28)25-3-1-2-14-29-25)13-8-21-4-9-23(10-5-21)24-11-6-22(7-12-24)20-31-15-17-34-18-16-31/h1-7,9-12,14,19H,8,13,15-18,20H2. The number of ketones is 1. The summed E-state index contributed by atoms with van der Waals surface area (Å²) in [5, 5.41) is 0. The number of aryl methyl sites for hydroxylation is 1. The molecule has 0 N–H and O–H groups in total. The van der Waals surface area contributed by atoms with E-state index in [9.17, 15) is 4.79 Å². The molecule has 3 heterocycles. The number of aromatic nitrogens is 2. The number of pyridine rings is 1. The normalized spacial score (nSPS) is 14.2. The minimum atomic E-state index is -0.103. The van der Waals surface area contributed by atoms with Crippen molar-refractivity contribution in [1.82, 2.24) is 14.9 Å². The summed E-state index contributed by atoms with van der Waals surface area (Å²) < 4.78 is 5.63. The molecular formula is C28H27N3O2S. The Kier molecular flexibility index (Phi) is 7.17. The second-order valence-corrected chi connectivity index (χ2v) is 9.67. The predicted molar refractivity (Wildman–Crippen MR) is 137 cm³/mol. The Morgan fingerprint density at radius 1 is 0.882 bits per heavy atom. The van der Waals surface area contributed by atoms with Crippen LogP contribution in [0, 0.1) is 0 Å². The molecule has 0 atom stereocenters. The van der Waals surface area contributed by atoms with E-state index in [0.717, 1.165) is 12.1 Å². The fourth-order valence-corrected chi connectivity index (χ4v) is 5.06. The van der Waals surface area contributed by atoms with E-state index in [4.69, 9.17) is 4.42 Å². The van der Waals surface area contributed by atoms with Crippen LogP contribution < -0.4 is 0 Å². The van der Waals surface area contributed by atoms with Gasteiger partial charge in [-0.15, -0.1) is 0 Å². The zero-order valence-corrected chi connectivity index (χ0v) is 19.8. The molecule has 2 aromatic carbocycles. The topological polar surface area (TPSA) is 59.2 Å². The Labute approximate surface area is 204 Å². The molecule has 0 bridgehead atoms. The number of oxazole rings is 1. The van der Waals surface area contributed by atoms with Gasteiger partial charge in [0, 0.05) is 43.8 Å². The van der Waals surface area contributed by atoms with Crippen molar-refractivity contribution in [2.24, 2.45) is 0 Å². The summed E-state index contributed by atoms with van der Waals surface area (Å²) in [4.78, 5) is 23.4. The first-order valence-corrected chi connectivity index (χ1v) is 12.8. The Morgan fingerprint density at radius 2 is 1.59 bits per heavy atom. The first-order valence-electron chi connectivity index (χ1n) is 11.6. The lowest BCUT2D eigenvalue weighted by Gasteiger charge is -2.26. The second-order valence-electron chi connectivity index (χ2n) is 8.45. The number of rotatable bonds is 8. The van der Waals surface area contributed by atoms with Crippen LogP contribution >= 0.6 is 11.8 Å². The molecule has 1 aliphatic rings. The summed E-state index contributed by atoms with van der Waals surface area (Å²) in [6.45, 7) is 3.39. The van der Waals surface area contributed by atoms with Gasteiger partial charge in [0.1, 0.15) is 5.69 Å². The summed E-state index contributed by atoms with van der Waals surface area (Å²) >= 11 is 2.04. The monoisotopic (exact) mass is 469 g/mol. The van der Waals surface area contributed by atoms with Crippen LogP contribution in [-0.2, 0) is 13.0 Å². The van der Waals surface area contributed by atoms with Crippen molar-refractivity contribution in [2.45, 2.75) is 19.4 Å². The quantitative estimate of drug-likeness (QED) is 0.306. The predicted octanol–water partition coefficient (Wildman–Crippen LogP) is 5.77. The van der Waals surface area contributed by atoms with Gasteiger partial charge in [0.25, 0.3) is 5.89 Å². The zero-order chi connectivity index (χ0) is 23.2. The first kappa shape index (κ1) is 22.6. The first-order chi connectivity index (χ1) is 16.7. The minimum Gasteiger partial charge on any atom is -0.432 e. The number of thioether (sulfide) groups is 1. The van der Waals surface area contributed by atoms with Crippen LogP contribution in [0.25, 0.3) is 22.6 Å². The van der Waals surface area contributed by atoms with Gasteiger partial charge in [0.05, 0.1) is 6.20 Å².